The van der Waals surface area contributed by atoms with Gasteiger partial charge in [-0.2, -0.15) is 0 Å². The molecule has 0 spiro atoms. The summed E-state index contributed by atoms with van der Waals surface area (Å²) in [5.74, 6) is 2.08. The number of rotatable bonds is 4. The third-order valence-corrected chi connectivity index (χ3v) is 5.32. The SMILES string of the molecule is Cc1ccc(C(=O)C2CCN(CC3COc4ccccc4O3)CC2)cc1. The summed E-state index contributed by atoms with van der Waals surface area (Å²) < 4.78 is 11.9. The number of hydrogen-bond acceptors (Lipinski definition) is 4. The summed E-state index contributed by atoms with van der Waals surface area (Å²) in [7, 11) is 0. The molecule has 2 aliphatic rings. The number of para-hydroxylation sites is 2. The highest BCUT2D eigenvalue weighted by Gasteiger charge is 2.29. The fourth-order valence-corrected chi connectivity index (χ4v) is 3.77. The van der Waals surface area contributed by atoms with Crippen LogP contribution in [0.5, 0.6) is 11.5 Å². The van der Waals surface area contributed by atoms with E-state index in [0.29, 0.717) is 6.61 Å². The minimum absolute atomic E-state index is 0.0502. The van der Waals surface area contributed by atoms with Crippen molar-refractivity contribution in [1.29, 1.82) is 0 Å². The maximum absolute atomic E-state index is 12.7. The van der Waals surface area contributed by atoms with E-state index >= 15 is 0 Å². The first kappa shape index (κ1) is 17.1. The largest absolute Gasteiger partial charge is 0.486 e. The molecular weight excluding hydrogens is 326 g/mol. The van der Waals surface area contributed by atoms with Gasteiger partial charge in [0.05, 0.1) is 0 Å². The Morgan fingerprint density at radius 1 is 1.04 bits per heavy atom. The zero-order valence-corrected chi connectivity index (χ0v) is 15.2. The first-order valence-electron chi connectivity index (χ1n) is 9.41. The maximum Gasteiger partial charge on any atom is 0.166 e. The van der Waals surface area contributed by atoms with Gasteiger partial charge in [-0.1, -0.05) is 42.0 Å². The number of ketones is 1. The fraction of sp³-hybridized carbons (Fsp3) is 0.409. The smallest absolute Gasteiger partial charge is 0.166 e. The molecule has 4 rings (SSSR count). The van der Waals surface area contributed by atoms with Gasteiger partial charge in [-0.25, -0.2) is 0 Å². The Hall–Kier alpha value is -2.33. The molecule has 0 radical (unpaired) electrons. The number of fused-ring (bicyclic) bond motifs is 1. The monoisotopic (exact) mass is 351 g/mol. The molecule has 0 bridgehead atoms. The topological polar surface area (TPSA) is 38.8 Å². The van der Waals surface area contributed by atoms with E-state index < -0.39 is 0 Å². The lowest BCUT2D eigenvalue weighted by atomic mass is 9.88. The summed E-state index contributed by atoms with van der Waals surface area (Å²) in [6.07, 6.45) is 1.88. The van der Waals surface area contributed by atoms with E-state index in [1.54, 1.807) is 0 Å². The first-order chi connectivity index (χ1) is 12.7. The van der Waals surface area contributed by atoms with E-state index in [4.69, 9.17) is 9.47 Å². The standard InChI is InChI=1S/C22H25NO3/c1-16-6-8-17(9-7-16)22(24)18-10-12-23(13-11-18)14-19-15-25-20-4-2-3-5-21(20)26-19/h2-9,18-19H,10-15H2,1H3. The van der Waals surface area contributed by atoms with Gasteiger partial charge in [-0.05, 0) is 45.0 Å². The number of carbonyl (C=O) groups excluding carboxylic acids is 1. The molecule has 0 aliphatic carbocycles. The van der Waals surface area contributed by atoms with Gasteiger partial charge in [0.2, 0.25) is 0 Å². The second-order valence-electron chi connectivity index (χ2n) is 7.30. The van der Waals surface area contributed by atoms with Crippen LogP contribution in [0.15, 0.2) is 48.5 Å². The van der Waals surface area contributed by atoms with E-state index in [1.165, 1.54) is 5.56 Å². The van der Waals surface area contributed by atoms with E-state index in [0.717, 1.165) is 49.5 Å². The average Bonchev–Trinajstić information content (AvgIpc) is 2.68. The quantitative estimate of drug-likeness (QED) is 0.787. The number of nitrogens with zero attached hydrogens (tertiary/aromatic N) is 1. The number of Topliss-reactive ketones (excluding diaryl/α,β-unsaturated/α-hetero) is 1. The molecule has 1 unspecified atom stereocenters. The van der Waals surface area contributed by atoms with Crippen LogP contribution in [0.3, 0.4) is 0 Å². The van der Waals surface area contributed by atoms with Crippen LogP contribution >= 0.6 is 0 Å². The van der Waals surface area contributed by atoms with E-state index in [2.05, 4.69) is 4.90 Å². The van der Waals surface area contributed by atoms with Crippen molar-refractivity contribution in [2.45, 2.75) is 25.9 Å². The lowest BCUT2D eigenvalue weighted by molar-refractivity contribution is 0.0462. The molecule has 2 aromatic carbocycles. The van der Waals surface area contributed by atoms with Crippen molar-refractivity contribution in [2.24, 2.45) is 5.92 Å². The van der Waals surface area contributed by atoms with Gasteiger partial charge in [0.25, 0.3) is 0 Å². The average molecular weight is 351 g/mol. The molecule has 0 saturated carbocycles. The Morgan fingerprint density at radius 2 is 1.73 bits per heavy atom. The number of benzene rings is 2. The van der Waals surface area contributed by atoms with Crippen LogP contribution in [0.25, 0.3) is 0 Å². The molecule has 26 heavy (non-hydrogen) atoms. The number of aryl methyl sites for hydroxylation is 1. The number of ether oxygens (including phenoxy) is 2. The lowest BCUT2D eigenvalue weighted by Crippen LogP contribution is -2.45. The van der Waals surface area contributed by atoms with Gasteiger partial charge in [0.1, 0.15) is 12.7 Å². The van der Waals surface area contributed by atoms with Crippen LogP contribution in [-0.4, -0.2) is 43.0 Å². The molecule has 4 nitrogen and oxygen atoms in total. The fourth-order valence-electron chi connectivity index (χ4n) is 3.77. The van der Waals surface area contributed by atoms with Crippen LogP contribution in [0.1, 0.15) is 28.8 Å². The van der Waals surface area contributed by atoms with Gasteiger partial charge in [0.15, 0.2) is 17.3 Å². The molecule has 0 N–H and O–H groups in total. The zero-order chi connectivity index (χ0) is 17.9. The zero-order valence-electron chi connectivity index (χ0n) is 15.2. The summed E-state index contributed by atoms with van der Waals surface area (Å²) in [6, 6.07) is 15.7. The normalized spacial score (nSPS) is 20.7. The predicted molar refractivity (Wildman–Crippen MR) is 101 cm³/mol. The van der Waals surface area contributed by atoms with Gasteiger partial charge < -0.3 is 9.47 Å². The molecule has 2 aromatic rings. The maximum atomic E-state index is 12.7. The third-order valence-electron chi connectivity index (χ3n) is 5.32. The molecule has 1 saturated heterocycles. The Balaban J connectivity index is 1.29. The van der Waals surface area contributed by atoms with Crippen molar-refractivity contribution in [3.05, 3.63) is 59.7 Å². The number of hydrogen-bond donors (Lipinski definition) is 0. The van der Waals surface area contributed by atoms with Crippen LogP contribution < -0.4 is 9.47 Å². The molecule has 4 heteroatoms. The third kappa shape index (κ3) is 3.75. The summed E-state index contributed by atoms with van der Waals surface area (Å²) in [5.41, 5.74) is 2.03. The second-order valence-corrected chi connectivity index (χ2v) is 7.30. The molecule has 0 amide bonds. The van der Waals surface area contributed by atoms with Crippen molar-refractivity contribution in [1.82, 2.24) is 4.90 Å². The summed E-state index contributed by atoms with van der Waals surface area (Å²) in [5, 5.41) is 0. The Bertz CT molecular complexity index is 763. The molecule has 1 fully saturated rings. The highest BCUT2D eigenvalue weighted by atomic mass is 16.6. The van der Waals surface area contributed by atoms with Crippen LogP contribution in [0, 0.1) is 12.8 Å². The van der Waals surface area contributed by atoms with Crippen molar-refractivity contribution in [2.75, 3.05) is 26.2 Å². The second kappa shape index (κ2) is 7.50. The van der Waals surface area contributed by atoms with Gasteiger partial charge in [0, 0.05) is 18.0 Å². The Kier molecular flexibility index (Phi) is 4.93. The molecular formula is C22H25NO3. The van der Waals surface area contributed by atoms with Gasteiger partial charge in [-0.15, -0.1) is 0 Å². The Labute approximate surface area is 154 Å². The molecule has 136 valence electrons. The number of piperidine rings is 1. The highest BCUT2D eigenvalue weighted by molar-refractivity contribution is 5.97. The van der Waals surface area contributed by atoms with Crippen LogP contribution in [0.4, 0.5) is 0 Å². The van der Waals surface area contributed by atoms with Crippen molar-refractivity contribution in [3.63, 3.8) is 0 Å². The summed E-state index contributed by atoms with van der Waals surface area (Å²) in [6.45, 7) is 5.34. The van der Waals surface area contributed by atoms with E-state index in [-0.39, 0.29) is 17.8 Å². The molecule has 2 aliphatic heterocycles. The van der Waals surface area contributed by atoms with E-state index in [9.17, 15) is 4.79 Å². The molecule has 0 aromatic heterocycles. The lowest BCUT2D eigenvalue weighted by Gasteiger charge is -2.35. The van der Waals surface area contributed by atoms with Gasteiger partial charge >= 0.3 is 0 Å². The highest BCUT2D eigenvalue weighted by Crippen LogP contribution is 2.31. The van der Waals surface area contributed by atoms with Crippen molar-refractivity contribution in [3.8, 4) is 11.5 Å². The van der Waals surface area contributed by atoms with Gasteiger partial charge in [-0.3, -0.25) is 9.69 Å². The number of likely N-dealkylation sites (tertiary alicyclic amines) is 1. The minimum Gasteiger partial charge on any atom is -0.486 e. The molecule has 2 heterocycles. The first-order valence-corrected chi connectivity index (χ1v) is 9.41. The number of carbonyl (C=O) groups is 1. The van der Waals surface area contributed by atoms with Crippen LogP contribution in [-0.2, 0) is 0 Å². The Morgan fingerprint density at radius 3 is 2.46 bits per heavy atom. The predicted octanol–water partition coefficient (Wildman–Crippen LogP) is 3.73. The van der Waals surface area contributed by atoms with Crippen molar-refractivity contribution < 1.29 is 14.3 Å². The van der Waals surface area contributed by atoms with E-state index in [1.807, 2.05) is 55.5 Å². The minimum atomic E-state index is 0.0502. The van der Waals surface area contributed by atoms with Crippen LogP contribution in [0.2, 0.25) is 0 Å². The van der Waals surface area contributed by atoms with Crippen molar-refractivity contribution >= 4 is 5.78 Å². The molecule has 1 atom stereocenters. The summed E-state index contributed by atoms with van der Waals surface area (Å²) >= 11 is 0. The summed E-state index contributed by atoms with van der Waals surface area (Å²) in [4.78, 5) is 15.1.